The van der Waals surface area contributed by atoms with E-state index in [1.807, 2.05) is 30.3 Å². The zero-order chi connectivity index (χ0) is 13.6. The second-order valence-electron chi connectivity index (χ2n) is 5.23. The summed E-state index contributed by atoms with van der Waals surface area (Å²) in [5.74, 6) is 0.545. The number of ketones is 1. The normalized spacial score (nSPS) is 13.9. The minimum absolute atomic E-state index is 0.0556. The van der Waals surface area contributed by atoms with E-state index in [1.165, 1.54) is 6.92 Å². The van der Waals surface area contributed by atoms with E-state index in [9.17, 15) is 10.1 Å². The summed E-state index contributed by atoms with van der Waals surface area (Å²) in [5, 5.41) is 9.49. The van der Waals surface area contributed by atoms with Gasteiger partial charge in [0, 0.05) is 0 Å². The lowest BCUT2D eigenvalue weighted by atomic mass is 9.74. The zero-order valence-electron chi connectivity index (χ0n) is 11.4. The Hall–Kier alpha value is -1.62. The molecule has 1 aromatic rings. The second kappa shape index (κ2) is 6.35. The Labute approximate surface area is 110 Å². The van der Waals surface area contributed by atoms with Gasteiger partial charge in [-0.2, -0.15) is 5.26 Å². The van der Waals surface area contributed by atoms with Gasteiger partial charge in [-0.1, -0.05) is 57.0 Å². The highest BCUT2D eigenvalue weighted by Crippen LogP contribution is 2.31. The molecule has 0 bridgehead atoms. The lowest BCUT2D eigenvalue weighted by Crippen LogP contribution is -2.32. The van der Waals surface area contributed by atoms with Crippen molar-refractivity contribution in [3.63, 3.8) is 0 Å². The number of carbonyl (C=O) groups excluding carboxylic acids is 1. The van der Waals surface area contributed by atoms with Crippen LogP contribution >= 0.6 is 0 Å². The Morgan fingerprint density at radius 3 is 2.39 bits per heavy atom. The fourth-order valence-corrected chi connectivity index (χ4v) is 2.22. The average Bonchev–Trinajstić information content (AvgIpc) is 2.35. The summed E-state index contributed by atoms with van der Waals surface area (Å²) in [4.78, 5) is 12.0. The Bertz CT molecular complexity index is 430. The number of rotatable bonds is 6. The molecule has 0 aliphatic carbocycles. The van der Waals surface area contributed by atoms with E-state index in [2.05, 4.69) is 19.9 Å². The predicted octanol–water partition coefficient (Wildman–Crippen LogP) is 3.86. The number of benzene rings is 1. The molecule has 96 valence electrons. The van der Waals surface area contributed by atoms with Crippen molar-refractivity contribution in [1.82, 2.24) is 0 Å². The SMILES string of the molecule is CC(=O)C(C#N)(CCCC(C)C)c1ccccc1. The fraction of sp³-hybridized carbons (Fsp3) is 0.500. The maximum atomic E-state index is 12.0. The maximum Gasteiger partial charge on any atom is 0.154 e. The summed E-state index contributed by atoms with van der Waals surface area (Å²) in [6.45, 7) is 5.83. The maximum absolute atomic E-state index is 12.0. The van der Waals surface area contributed by atoms with Crippen molar-refractivity contribution in [2.75, 3.05) is 0 Å². The van der Waals surface area contributed by atoms with Gasteiger partial charge < -0.3 is 0 Å². The van der Waals surface area contributed by atoms with Gasteiger partial charge >= 0.3 is 0 Å². The first-order valence-corrected chi connectivity index (χ1v) is 6.50. The average molecular weight is 243 g/mol. The van der Waals surface area contributed by atoms with Crippen LogP contribution in [0.1, 0.15) is 45.6 Å². The van der Waals surface area contributed by atoms with E-state index in [1.54, 1.807) is 0 Å². The molecule has 0 radical (unpaired) electrons. The van der Waals surface area contributed by atoms with Crippen molar-refractivity contribution in [3.05, 3.63) is 35.9 Å². The third-order valence-corrected chi connectivity index (χ3v) is 3.39. The summed E-state index contributed by atoms with van der Waals surface area (Å²) >= 11 is 0. The first kappa shape index (κ1) is 14.4. The molecule has 1 rings (SSSR count). The fourth-order valence-electron chi connectivity index (χ4n) is 2.22. The summed E-state index contributed by atoms with van der Waals surface area (Å²) in [6.07, 6.45) is 2.56. The molecule has 0 aliphatic rings. The van der Waals surface area contributed by atoms with Gasteiger partial charge in [-0.3, -0.25) is 4.79 Å². The molecule has 2 heteroatoms. The van der Waals surface area contributed by atoms with E-state index < -0.39 is 5.41 Å². The summed E-state index contributed by atoms with van der Waals surface area (Å²) in [5.41, 5.74) is -0.139. The Balaban J connectivity index is 2.97. The lowest BCUT2D eigenvalue weighted by Gasteiger charge is -2.24. The van der Waals surface area contributed by atoms with Crippen LogP contribution in [-0.2, 0) is 10.2 Å². The molecule has 1 aromatic carbocycles. The molecule has 1 atom stereocenters. The highest BCUT2D eigenvalue weighted by atomic mass is 16.1. The molecular formula is C16H21NO. The number of nitrogens with zero attached hydrogens (tertiary/aromatic N) is 1. The second-order valence-corrected chi connectivity index (χ2v) is 5.23. The molecule has 0 saturated carbocycles. The third-order valence-electron chi connectivity index (χ3n) is 3.39. The largest absolute Gasteiger partial charge is 0.298 e. The molecule has 0 heterocycles. The highest BCUT2D eigenvalue weighted by Gasteiger charge is 2.36. The molecule has 0 N–H and O–H groups in total. The van der Waals surface area contributed by atoms with Gasteiger partial charge in [-0.05, 0) is 24.8 Å². The quantitative estimate of drug-likeness (QED) is 0.761. The number of nitriles is 1. The van der Waals surface area contributed by atoms with Crippen LogP contribution in [0, 0.1) is 17.2 Å². The van der Waals surface area contributed by atoms with Crippen molar-refractivity contribution in [2.24, 2.45) is 5.92 Å². The van der Waals surface area contributed by atoms with Crippen LogP contribution in [-0.4, -0.2) is 5.78 Å². The summed E-state index contributed by atoms with van der Waals surface area (Å²) < 4.78 is 0. The number of Topliss-reactive ketones (excluding diaryl/α,β-unsaturated/α-hetero) is 1. The number of hydrogen-bond acceptors (Lipinski definition) is 2. The van der Waals surface area contributed by atoms with Crippen LogP contribution in [0.4, 0.5) is 0 Å². The molecular weight excluding hydrogens is 222 g/mol. The minimum Gasteiger partial charge on any atom is -0.298 e. The van der Waals surface area contributed by atoms with Crippen molar-refractivity contribution < 1.29 is 4.79 Å². The molecule has 0 spiro atoms. The molecule has 2 nitrogen and oxygen atoms in total. The monoisotopic (exact) mass is 243 g/mol. The van der Waals surface area contributed by atoms with Gasteiger partial charge in [0.05, 0.1) is 6.07 Å². The van der Waals surface area contributed by atoms with Crippen LogP contribution < -0.4 is 0 Å². The van der Waals surface area contributed by atoms with Gasteiger partial charge in [0.1, 0.15) is 5.41 Å². The Morgan fingerprint density at radius 1 is 1.33 bits per heavy atom. The molecule has 1 unspecified atom stereocenters. The molecule has 0 amide bonds. The topological polar surface area (TPSA) is 40.9 Å². The van der Waals surface area contributed by atoms with E-state index in [0.717, 1.165) is 18.4 Å². The molecule has 0 aliphatic heterocycles. The molecule has 0 saturated heterocycles. The standard InChI is InChI=1S/C16H21NO/c1-13(2)8-7-11-16(12-17,14(3)18)15-9-5-4-6-10-15/h4-6,9-10,13H,7-8,11H2,1-3H3. The van der Waals surface area contributed by atoms with Gasteiger partial charge in [0.15, 0.2) is 5.78 Å². The highest BCUT2D eigenvalue weighted by molar-refractivity contribution is 5.91. The smallest absolute Gasteiger partial charge is 0.154 e. The minimum atomic E-state index is -0.962. The zero-order valence-corrected chi connectivity index (χ0v) is 11.4. The first-order valence-electron chi connectivity index (χ1n) is 6.50. The number of hydrogen-bond donors (Lipinski definition) is 0. The third kappa shape index (κ3) is 3.20. The van der Waals surface area contributed by atoms with Gasteiger partial charge in [-0.25, -0.2) is 0 Å². The molecule has 18 heavy (non-hydrogen) atoms. The Morgan fingerprint density at radius 2 is 1.94 bits per heavy atom. The Kier molecular flexibility index (Phi) is 5.09. The lowest BCUT2D eigenvalue weighted by molar-refractivity contribution is -0.120. The van der Waals surface area contributed by atoms with Crippen LogP contribution in [0.15, 0.2) is 30.3 Å². The van der Waals surface area contributed by atoms with Gasteiger partial charge in [0.2, 0.25) is 0 Å². The number of carbonyl (C=O) groups is 1. The van der Waals surface area contributed by atoms with E-state index in [4.69, 9.17) is 0 Å². The van der Waals surface area contributed by atoms with Crippen LogP contribution in [0.3, 0.4) is 0 Å². The van der Waals surface area contributed by atoms with Crippen molar-refractivity contribution >= 4 is 5.78 Å². The predicted molar refractivity (Wildman–Crippen MR) is 73.1 cm³/mol. The van der Waals surface area contributed by atoms with E-state index in [-0.39, 0.29) is 5.78 Å². The summed E-state index contributed by atoms with van der Waals surface area (Å²) in [6, 6.07) is 11.7. The summed E-state index contributed by atoms with van der Waals surface area (Å²) in [7, 11) is 0. The van der Waals surface area contributed by atoms with E-state index >= 15 is 0 Å². The first-order chi connectivity index (χ1) is 8.53. The molecule has 0 fully saturated rings. The van der Waals surface area contributed by atoms with Gasteiger partial charge in [-0.15, -0.1) is 0 Å². The van der Waals surface area contributed by atoms with Crippen LogP contribution in [0.25, 0.3) is 0 Å². The van der Waals surface area contributed by atoms with Crippen molar-refractivity contribution in [2.45, 2.75) is 45.4 Å². The van der Waals surface area contributed by atoms with Gasteiger partial charge in [0.25, 0.3) is 0 Å². The van der Waals surface area contributed by atoms with Crippen molar-refractivity contribution in [3.8, 4) is 6.07 Å². The van der Waals surface area contributed by atoms with E-state index in [0.29, 0.717) is 12.3 Å². The molecule has 0 aromatic heterocycles. The van der Waals surface area contributed by atoms with Crippen LogP contribution in [0.5, 0.6) is 0 Å². The van der Waals surface area contributed by atoms with Crippen molar-refractivity contribution in [1.29, 1.82) is 5.26 Å². The van der Waals surface area contributed by atoms with Crippen LogP contribution in [0.2, 0.25) is 0 Å².